The number of ether oxygens (including phenoxy) is 1. The second kappa shape index (κ2) is 9.00. The summed E-state index contributed by atoms with van der Waals surface area (Å²) < 4.78 is 5.65. The number of likely N-dealkylation sites (N-methyl/N-ethyl adjacent to an activating group) is 1. The van der Waals surface area contributed by atoms with Gasteiger partial charge in [0.15, 0.2) is 0 Å². The van der Waals surface area contributed by atoms with E-state index in [-0.39, 0.29) is 31.0 Å². The summed E-state index contributed by atoms with van der Waals surface area (Å²) in [6.07, 6.45) is 1.59. The van der Waals surface area contributed by atoms with Gasteiger partial charge in [-0.1, -0.05) is 48.5 Å². The van der Waals surface area contributed by atoms with Crippen LogP contribution in [-0.4, -0.2) is 77.7 Å². The predicted molar refractivity (Wildman–Crippen MR) is 130 cm³/mol. The van der Waals surface area contributed by atoms with Gasteiger partial charge in [0.1, 0.15) is 18.2 Å². The second-order valence-electron chi connectivity index (χ2n) is 10.1. The molecule has 1 aliphatic carbocycles. The maximum absolute atomic E-state index is 13.5. The van der Waals surface area contributed by atoms with Gasteiger partial charge in [0.25, 0.3) is 0 Å². The van der Waals surface area contributed by atoms with E-state index < -0.39 is 23.6 Å². The van der Waals surface area contributed by atoms with Gasteiger partial charge in [-0.2, -0.15) is 0 Å². The molecular weight excluding hydrogens is 446 g/mol. The fraction of sp³-hybridized carbons (Fsp3) is 0.444. The molecule has 1 unspecified atom stereocenters. The topological polar surface area (TPSA) is 99.2 Å². The number of hydrogen-bond donors (Lipinski definition) is 2. The van der Waals surface area contributed by atoms with E-state index in [9.17, 15) is 19.5 Å². The summed E-state index contributed by atoms with van der Waals surface area (Å²) in [7, 11) is 3.62. The van der Waals surface area contributed by atoms with Crippen LogP contribution in [0.1, 0.15) is 42.7 Å². The van der Waals surface area contributed by atoms with Crippen LogP contribution < -0.4 is 5.32 Å². The van der Waals surface area contributed by atoms with Gasteiger partial charge in [-0.3, -0.25) is 4.79 Å². The molecular formula is C27H31N3O5. The summed E-state index contributed by atoms with van der Waals surface area (Å²) in [5, 5.41) is 12.6. The Morgan fingerprint density at radius 1 is 1.06 bits per heavy atom. The second-order valence-corrected chi connectivity index (χ2v) is 10.1. The zero-order chi connectivity index (χ0) is 24.7. The molecule has 1 atom stereocenters. The summed E-state index contributed by atoms with van der Waals surface area (Å²) in [5.74, 6) is -1.40. The highest BCUT2D eigenvalue weighted by atomic mass is 16.5. The van der Waals surface area contributed by atoms with E-state index in [1.165, 1.54) is 4.90 Å². The van der Waals surface area contributed by atoms with E-state index in [1.54, 1.807) is 4.90 Å². The maximum Gasteiger partial charge on any atom is 0.407 e. The summed E-state index contributed by atoms with van der Waals surface area (Å²) in [5.41, 5.74) is 3.34. The highest BCUT2D eigenvalue weighted by Gasteiger charge is 2.59. The molecule has 2 N–H and O–H groups in total. The Balaban J connectivity index is 1.30. The van der Waals surface area contributed by atoms with Gasteiger partial charge < -0.3 is 25.0 Å². The van der Waals surface area contributed by atoms with Gasteiger partial charge in [-0.15, -0.1) is 0 Å². The van der Waals surface area contributed by atoms with Gasteiger partial charge in [-0.25, -0.2) is 9.59 Å². The van der Waals surface area contributed by atoms with Gasteiger partial charge in [0.2, 0.25) is 5.91 Å². The lowest BCUT2D eigenvalue weighted by molar-refractivity contribution is -0.156. The van der Waals surface area contributed by atoms with Crippen LogP contribution in [0, 0.1) is 0 Å². The van der Waals surface area contributed by atoms with E-state index in [0.717, 1.165) is 22.3 Å². The molecule has 5 rings (SSSR count). The highest BCUT2D eigenvalue weighted by molar-refractivity contribution is 5.93. The Hall–Kier alpha value is -3.39. The van der Waals surface area contributed by atoms with Crippen molar-refractivity contribution in [2.45, 2.75) is 49.2 Å². The first-order valence-electron chi connectivity index (χ1n) is 12.1. The van der Waals surface area contributed by atoms with E-state index >= 15 is 0 Å². The first kappa shape index (κ1) is 23.4. The summed E-state index contributed by atoms with van der Waals surface area (Å²) in [6, 6.07) is 15.2. The summed E-state index contributed by atoms with van der Waals surface area (Å²) >= 11 is 0. The molecule has 35 heavy (non-hydrogen) atoms. The molecule has 2 bridgehead atoms. The number of carboxylic acid groups (broad SMARTS) is 1. The van der Waals surface area contributed by atoms with Crippen molar-refractivity contribution in [3.63, 3.8) is 0 Å². The van der Waals surface area contributed by atoms with Crippen molar-refractivity contribution in [3.05, 3.63) is 59.7 Å². The van der Waals surface area contributed by atoms with Crippen molar-refractivity contribution in [1.82, 2.24) is 15.1 Å². The lowest BCUT2D eigenvalue weighted by Gasteiger charge is -2.34. The third-order valence-corrected chi connectivity index (χ3v) is 7.73. The van der Waals surface area contributed by atoms with Crippen molar-refractivity contribution in [3.8, 4) is 11.1 Å². The van der Waals surface area contributed by atoms with Crippen LogP contribution in [-0.2, 0) is 14.3 Å². The number of nitrogens with one attached hydrogen (secondary N) is 1. The zero-order valence-corrected chi connectivity index (χ0v) is 20.1. The third-order valence-electron chi connectivity index (χ3n) is 7.73. The first-order valence-corrected chi connectivity index (χ1v) is 12.1. The number of alkyl carbamates (subject to hydrolysis) is 1. The molecule has 2 heterocycles. The van der Waals surface area contributed by atoms with E-state index in [4.69, 9.17) is 4.74 Å². The SMILES string of the molecule is CN(C)CC(NC(=O)OCC1c2ccccc2-c2ccccc21)C(=O)N1C2CCC1(C(=O)O)CC2. The number of rotatable bonds is 7. The number of hydrogen-bond acceptors (Lipinski definition) is 5. The van der Waals surface area contributed by atoms with Gasteiger partial charge >= 0.3 is 12.1 Å². The van der Waals surface area contributed by atoms with E-state index in [0.29, 0.717) is 25.7 Å². The molecule has 0 spiro atoms. The summed E-state index contributed by atoms with van der Waals surface area (Å²) in [6.45, 7) is 0.399. The van der Waals surface area contributed by atoms with Crippen molar-refractivity contribution >= 4 is 18.0 Å². The van der Waals surface area contributed by atoms with Crippen LogP contribution >= 0.6 is 0 Å². The van der Waals surface area contributed by atoms with Gasteiger partial charge in [0, 0.05) is 18.5 Å². The van der Waals surface area contributed by atoms with Gasteiger partial charge in [0.05, 0.1) is 0 Å². The number of nitrogens with zero attached hydrogens (tertiary/aromatic N) is 2. The minimum Gasteiger partial charge on any atom is -0.479 e. The number of amides is 2. The van der Waals surface area contributed by atoms with Crippen molar-refractivity contribution in [1.29, 1.82) is 0 Å². The Kier molecular flexibility index (Phi) is 6.01. The largest absolute Gasteiger partial charge is 0.479 e. The van der Waals surface area contributed by atoms with Crippen molar-refractivity contribution in [2.24, 2.45) is 0 Å². The number of aliphatic carboxylic acids is 1. The van der Waals surface area contributed by atoms with Gasteiger partial charge in [-0.05, 0) is 62.0 Å². The van der Waals surface area contributed by atoms with Crippen LogP contribution in [0.15, 0.2) is 48.5 Å². The molecule has 3 aliphatic rings. The molecule has 2 fully saturated rings. The van der Waals surface area contributed by atoms with Crippen LogP contribution in [0.4, 0.5) is 4.79 Å². The monoisotopic (exact) mass is 477 g/mol. The smallest absolute Gasteiger partial charge is 0.407 e. The minimum absolute atomic E-state index is 0.0825. The van der Waals surface area contributed by atoms with Crippen LogP contribution in [0.5, 0.6) is 0 Å². The standard InChI is InChI=1S/C27H31N3O5/c1-29(2)15-23(24(31)30-17-11-13-27(30,14-12-17)25(32)33)28-26(34)35-16-22-20-9-5-3-7-18(20)19-8-4-6-10-21(19)22/h3-10,17,22-23H,11-16H2,1-2H3,(H,28,34)(H,32,33). The van der Waals surface area contributed by atoms with E-state index in [1.807, 2.05) is 50.5 Å². The average Bonchev–Trinajstić information content (AvgIpc) is 3.50. The van der Waals surface area contributed by atoms with Crippen LogP contribution in [0.2, 0.25) is 0 Å². The lowest BCUT2D eigenvalue weighted by Crippen LogP contribution is -2.59. The number of carbonyl (C=O) groups is 3. The highest BCUT2D eigenvalue weighted by Crippen LogP contribution is 2.47. The molecule has 0 saturated carbocycles. The number of carboxylic acids is 1. The normalized spacial score (nSPS) is 23.2. The quantitative estimate of drug-likeness (QED) is 0.636. The first-order chi connectivity index (χ1) is 16.8. The molecule has 0 radical (unpaired) electrons. The number of benzene rings is 2. The Bertz CT molecular complexity index is 1110. The predicted octanol–water partition coefficient (Wildman–Crippen LogP) is 3.06. The fourth-order valence-electron chi connectivity index (χ4n) is 6.14. The molecule has 0 aromatic heterocycles. The Morgan fingerprint density at radius 3 is 2.17 bits per heavy atom. The molecule has 2 aromatic carbocycles. The van der Waals surface area contributed by atoms with Crippen LogP contribution in [0.3, 0.4) is 0 Å². The number of carbonyl (C=O) groups excluding carboxylic acids is 2. The molecule has 8 heteroatoms. The third kappa shape index (κ3) is 3.95. The Labute approximate surface area is 204 Å². The molecule has 2 aliphatic heterocycles. The maximum atomic E-state index is 13.5. The van der Waals surface area contributed by atoms with E-state index in [2.05, 4.69) is 17.4 Å². The molecule has 2 saturated heterocycles. The molecule has 2 aromatic rings. The molecule has 2 amide bonds. The van der Waals surface area contributed by atoms with Crippen molar-refractivity contribution in [2.75, 3.05) is 27.2 Å². The fourth-order valence-corrected chi connectivity index (χ4v) is 6.14. The minimum atomic E-state index is -1.16. The zero-order valence-electron chi connectivity index (χ0n) is 20.1. The number of fused-ring (bicyclic) bond motifs is 5. The average molecular weight is 478 g/mol. The van der Waals surface area contributed by atoms with Crippen molar-refractivity contribution < 1.29 is 24.2 Å². The molecule has 8 nitrogen and oxygen atoms in total. The Morgan fingerprint density at radius 2 is 1.63 bits per heavy atom. The lowest BCUT2D eigenvalue weighted by atomic mass is 9.88. The molecule has 184 valence electrons. The summed E-state index contributed by atoms with van der Waals surface area (Å²) in [4.78, 5) is 41.9. The van der Waals surface area contributed by atoms with Crippen LogP contribution in [0.25, 0.3) is 11.1 Å².